The minimum absolute atomic E-state index is 0.0206. The number of methoxy groups -OCH3 is 3. The van der Waals surface area contributed by atoms with Gasteiger partial charge in [0.25, 0.3) is 11.8 Å². The van der Waals surface area contributed by atoms with Crippen molar-refractivity contribution in [1.29, 1.82) is 0 Å². The van der Waals surface area contributed by atoms with Crippen LogP contribution in [0.3, 0.4) is 0 Å². The van der Waals surface area contributed by atoms with E-state index >= 15 is 0 Å². The highest BCUT2D eigenvalue weighted by Crippen LogP contribution is 2.32. The summed E-state index contributed by atoms with van der Waals surface area (Å²) in [6.45, 7) is -0.268. The molecule has 0 aromatic heterocycles. The van der Waals surface area contributed by atoms with Gasteiger partial charge < -0.3 is 34.3 Å². The van der Waals surface area contributed by atoms with Gasteiger partial charge in [0.05, 0.1) is 26.2 Å². The van der Waals surface area contributed by atoms with Crippen LogP contribution in [0.1, 0.15) is 34.3 Å². The van der Waals surface area contributed by atoms with Crippen molar-refractivity contribution < 1.29 is 47.7 Å². The maximum Gasteiger partial charge on any atom is 0.343 e. The highest BCUT2D eigenvalue weighted by molar-refractivity contribution is 8.26. The van der Waals surface area contributed by atoms with Gasteiger partial charge in [0.2, 0.25) is 0 Å². The molecule has 2 aromatic carbocycles. The molecule has 0 saturated carbocycles. The lowest BCUT2D eigenvalue weighted by molar-refractivity contribution is -0.145. The number of rotatable bonds is 13. The standard InChI is InChI=1S/C28H28N2O10S2/c1-36-23(31)11-9-19(27(35)38-3)29-25(33)18-7-4-16(5-8-18)14-39-20-10-6-17(12-21(20)40-15-24(32)37-2)13-22-26(34)30-28(41)42-22/h4-8,10,12-13,19H,9,11,14-15H2,1-3H3,(H,29,33)(H,30,34,41)/b22-13-/t19-/m1/s1. The summed E-state index contributed by atoms with van der Waals surface area (Å²) in [4.78, 5) is 60.3. The molecule has 0 unspecified atom stereocenters. The molecule has 1 saturated heterocycles. The van der Waals surface area contributed by atoms with E-state index in [9.17, 15) is 24.0 Å². The Balaban J connectivity index is 1.69. The van der Waals surface area contributed by atoms with E-state index in [0.29, 0.717) is 26.1 Å². The molecule has 0 spiro atoms. The van der Waals surface area contributed by atoms with Crippen LogP contribution in [0.2, 0.25) is 0 Å². The number of hydrogen-bond acceptors (Lipinski definition) is 12. The Bertz CT molecular complexity index is 1390. The zero-order valence-corrected chi connectivity index (χ0v) is 24.6. The molecule has 2 aromatic rings. The summed E-state index contributed by atoms with van der Waals surface area (Å²) >= 11 is 6.15. The predicted octanol–water partition coefficient (Wildman–Crippen LogP) is 2.53. The predicted molar refractivity (Wildman–Crippen MR) is 156 cm³/mol. The van der Waals surface area contributed by atoms with Crippen molar-refractivity contribution in [3.05, 3.63) is 64.1 Å². The van der Waals surface area contributed by atoms with Crippen LogP contribution in [-0.4, -0.2) is 68.0 Å². The minimum atomic E-state index is -1.02. The van der Waals surface area contributed by atoms with E-state index in [1.807, 2.05) is 0 Å². The summed E-state index contributed by atoms with van der Waals surface area (Å²) in [5.41, 5.74) is 1.61. The molecule has 12 nitrogen and oxygen atoms in total. The van der Waals surface area contributed by atoms with Gasteiger partial charge in [-0.05, 0) is 47.9 Å². The lowest BCUT2D eigenvalue weighted by atomic mass is 10.1. The molecule has 0 bridgehead atoms. The summed E-state index contributed by atoms with van der Waals surface area (Å²) in [5.74, 6) is -2.04. The third-order valence-electron chi connectivity index (χ3n) is 5.75. The van der Waals surface area contributed by atoms with Crippen LogP contribution in [-0.2, 0) is 40.0 Å². The monoisotopic (exact) mass is 616 g/mol. The first-order chi connectivity index (χ1) is 20.1. The topological polar surface area (TPSA) is 156 Å². The zero-order chi connectivity index (χ0) is 30.6. The summed E-state index contributed by atoms with van der Waals surface area (Å²) in [6, 6.07) is 10.4. The van der Waals surface area contributed by atoms with Crippen LogP contribution < -0.4 is 20.1 Å². The fourth-order valence-corrected chi connectivity index (χ4v) is 4.57. The Hall–Kier alpha value is -4.43. The van der Waals surface area contributed by atoms with Gasteiger partial charge in [-0.2, -0.15) is 0 Å². The molecule has 0 aliphatic carbocycles. The van der Waals surface area contributed by atoms with Gasteiger partial charge in [-0.1, -0.05) is 42.2 Å². The highest BCUT2D eigenvalue weighted by Gasteiger charge is 2.24. The Morgan fingerprint density at radius 2 is 1.67 bits per heavy atom. The number of nitrogens with one attached hydrogen (secondary N) is 2. The van der Waals surface area contributed by atoms with Crippen LogP contribution >= 0.6 is 24.0 Å². The second-order valence-electron chi connectivity index (χ2n) is 8.57. The summed E-state index contributed by atoms with van der Waals surface area (Å²) in [5, 5.41) is 5.11. The van der Waals surface area contributed by atoms with Gasteiger partial charge >= 0.3 is 17.9 Å². The summed E-state index contributed by atoms with van der Waals surface area (Å²) in [7, 11) is 3.66. The first-order valence-corrected chi connectivity index (χ1v) is 13.6. The Morgan fingerprint density at radius 3 is 2.29 bits per heavy atom. The van der Waals surface area contributed by atoms with E-state index in [1.165, 1.54) is 21.3 Å². The fourth-order valence-electron chi connectivity index (χ4n) is 3.52. The van der Waals surface area contributed by atoms with Crippen LogP contribution in [0.4, 0.5) is 0 Å². The number of thioether (sulfide) groups is 1. The molecular formula is C28H28N2O10S2. The molecular weight excluding hydrogens is 588 g/mol. The van der Waals surface area contributed by atoms with Gasteiger partial charge in [0.15, 0.2) is 18.1 Å². The molecule has 1 atom stereocenters. The average molecular weight is 617 g/mol. The summed E-state index contributed by atoms with van der Waals surface area (Å²) < 4.78 is 25.8. The van der Waals surface area contributed by atoms with Gasteiger partial charge in [-0.3, -0.25) is 14.4 Å². The van der Waals surface area contributed by atoms with Crippen molar-refractivity contribution in [2.24, 2.45) is 0 Å². The first kappa shape index (κ1) is 32.1. The Kier molecular flexibility index (Phi) is 11.9. The number of amides is 2. The quantitative estimate of drug-likeness (QED) is 0.147. The van der Waals surface area contributed by atoms with Crippen molar-refractivity contribution >= 4 is 64.1 Å². The molecule has 222 valence electrons. The number of carbonyl (C=O) groups is 5. The maximum absolute atomic E-state index is 12.7. The smallest absolute Gasteiger partial charge is 0.343 e. The van der Waals surface area contributed by atoms with Crippen molar-refractivity contribution in [2.45, 2.75) is 25.5 Å². The molecule has 1 fully saturated rings. The lowest BCUT2D eigenvalue weighted by Gasteiger charge is -2.16. The van der Waals surface area contributed by atoms with Gasteiger partial charge in [-0.15, -0.1) is 0 Å². The van der Waals surface area contributed by atoms with E-state index in [-0.39, 0.29) is 43.3 Å². The minimum Gasteiger partial charge on any atom is -0.485 e. The van der Waals surface area contributed by atoms with E-state index < -0.39 is 29.9 Å². The molecule has 1 aliphatic heterocycles. The molecule has 3 rings (SSSR count). The molecule has 2 amide bonds. The molecule has 1 heterocycles. The SMILES string of the molecule is COC(=O)CC[C@@H](NC(=O)c1ccc(COc2ccc(/C=C3\SC(=S)NC3=O)cc2OCC(=O)OC)cc1)C(=O)OC. The van der Waals surface area contributed by atoms with E-state index in [0.717, 1.165) is 11.8 Å². The van der Waals surface area contributed by atoms with E-state index in [1.54, 1.807) is 48.5 Å². The molecule has 14 heteroatoms. The number of hydrogen-bond donors (Lipinski definition) is 2. The molecule has 0 radical (unpaired) electrons. The second-order valence-corrected chi connectivity index (χ2v) is 10.3. The number of benzene rings is 2. The Labute approximate surface area is 251 Å². The second kappa shape index (κ2) is 15.5. The Morgan fingerprint density at radius 1 is 0.952 bits per heavy atom. The number of esters is 3. The van der Waals surface area contributed by atoms with E-state index in [2.05, 4.69) is 20.1 Å². The van der Waals surface area contributed by atoms with Crippen LogP contribution in [0.5, 0.6) is 11.5 Å². The number of thiocarbonyl (C=S) groups is 1. The van der Waals surface area contributed by atoms with Gasteiger partial charge in [0.1, 0.15) is 17.0 Å². The van der Waals surface area contributed by atoms with Gasteiger partial charge in [-0.25, -0.2) is 9.59 Å². The van der Waals surface area contributed by atoms with Crippen molar-refractivity contribution in [3.63, 3.8) is 0 Å². The van der Waals surface area contributed by atoms with Crippen LogP contribution in [0, 0.1) is 0 Å². The normalized spacial score (nSPS) is 14.0. The van der Waals surface area contributed by atoms with E-state index in [4.69, 9.17) is 26.4 Å². The average Bonchev–Trinajstić information content (AvgIpc) is 3.32. The molecule has 2 N–H and O–H groups in total. The lowest BCUT2D eigenvalue weighted by Crippen LogP contribution is -2.41. The van der Waals surface area contributed by atoms with Crippen LogP contribution in [0.25, 0.3) is 6.08 Å². The van der Waals surface area contributed by atoms with Crippen molar-refractivity contribution in [1.82, 2.24) is 10.6 Å². The largest absolute Gasteiger partial charge is 0.485 e. The van der Waals surface area contributed by atoms with Gasteiger partial charge in [0, 0.05) is 12.0 Å². The van der Waals surface area contributed by atoms with Crippen molar-refractivity contribution in [2.75, 3.05) is 27.9 Å². The third kappa shape index (κ3) is 9.31. The van der Waals surface area contributed by atoms with Crippen LogP contribution in [0.15, 0.2) is 47.4 Å². The summed E-state index contributed by atoms with van der Waals surface area (Å²) in [6.07, 6.45) is 1.59. The number of ether oxygens (including phenoxy) is 5. The highest BCUT2D eigenvalue weighted by atomic mass is 32.2. The molecule has 1 aliphatic rings. The maximum atomic E-state index is 12.7. The zero-order valence-electron chi connectivity index (χ0n) is 22.9. The first-order valence-electron chi connectivity index (χ1n) is 12.4. The van der Waals surface area contributed by atoms with Crippen molar-refractivity contribution in [3.8, 4) is 11.5 Å². The third-order valence-corrected chi connectivity index (χ3v) is 6.91. The molecule has 42 heavy (non-hydrogen) atoms. The number of carbonyl (C=O) groups excluding carboxylic acids is 5. The fraction of sp³-hybridized carbons (Fsp3) is 0.286.